The zero-order valence-corrected chi connectivity index (χ0v) is 15.2. The average molecular weight is 337 g/mol. The molecule has 0 spiro atoms. The zero-order valence-electron chi connectivity index (χ0n) is 14.4. The molecule has 23 heavy (non-hydrogen) atoms. The molecule has 1 aliphatic rings. The van der Waals surface area contributed by atoms with E-state index in [1.165, 1.54) is 5.56 Å². The van der Waals surface area contributed by atoms with Crippen molar-refractivity contribution in [3.63, 3.8) is 0 Å². The zero-order chi connectivity index (χ0) is 16.9. The smallest absolute Gasteiger partial charge is 0.232 e. The second kappa shape index (κ2) is 8.18. The lowest BCUT2D eigenvalue weighted by molar-refractivity contribution is -0.130. The molecular formula is C18H28N2O2S. The lowest BCUT2D eigenvalue weighted by Gasteiger charge is -2.34. The number of rotatable bonds is 6. The van der Waals surface area contributed by atoms with E-state index in [9.17, 15) is 4.79 Å². The van der Waals surface area contributed by atoms with Gasteiger partial charge in [-0.3, -0.25) is 4.79 Å². The summed E-state index contributed by atoms with van der Waals surface area (Å²) in [5.74, 6) is 0.989. The maximum atomic E-state index is 12.8. The summed E-state index contributed by atoms with van der Waals surface area (Å²) in [7, 11) is 0. The number of carbonyl (C=O) groups excluding carboxylic acids is 1. The fraction of sp³-hybridized carbons (Fsp3) is 0.611. The van der Waals surface area contributed by atoms with Crippen LogP contribution in [0, 0.1) is 12.3 Å². The fourth-order valence-corrected chi connectivity index (χ4v) is 3.60. The summed E-state index contributed by atoms with van der Waals surface area (Å²) in [5, 5.41) is 3.71. The number of nitrogens with one attached hydrogen (secondary N) is 1. The van der Waals surface area contributed by atoms with E-state index in [1.54, 1.807) is 0 Å². The van der Waals surface area contributed by atoms with E-state index in [2.05, 4.69) is 32.2 Å². The van der Waals surface area contributed by atoms with Crippen molar-refractivity contribution in [1.29, 1.82) is 0 Å². The molecule has 5 heteroatoms. The molecule has 0 aromatic heterocycles. The molecule has 1 aromatic carbocycles. The molecule has 1 aromatic rings. The van der Waals surface area contributed by atoms with Gasteiger partial charge in [0, 0.05) is 31.2 Å². The Hall–Kier alpha value is -1.04. The van der Waals surface area contributed by atoms with Crippen LogP contribution in [-0.2, 0) is 15.3 Å². The SMILES string of the molecule is Cc1c(CSC(C)C)cccc1NC(=O)C1(CN)CCOCC1. The second-order valence-electron chi connectivity index (χ2n) is 6.50. The Labute approximate surface area is 143 Å². The van der Waals surface area contributed by atoms with Gasteiger partial charge < -0.3 is 15.8 Å². The molecule has 1 fully saturated rings. The number of nitrogens with two attached hydrogens (primary N) is 1. The van der Waals surface area contributed by atoms with Crippen LogP contribution in [0.4, 0.5) is 5.69 Å². The van der Waals surface area contributed by atoms with Crippen LogP contribution in [0.2, 0.25) is 0 Å². The molecule has 128 valence electrons. The Morgan fingerprint density at radius 1 is 1.39 bits per heavy atom. The van der Waals surface area contributed by atoms with Crippen LogP contribution < -0.4 is 11.1 Å². The van der Waals surface area contributed by atoms with Crippen molar-refractivity contribution < 1.29 is 9.53 Å². The number of amides is 1. The van der Waals surface area contributed by atoms with Crippen LogP contribution in [0.15, 0.2) is 18.2 Å². The summed E-state index contributed by atoms with van der Waals surface area (Å²) in [4.78, 5) is 12.8. The first-order valence-corrected chi connectivity index (χ1v) is 9.33. The Morgan fingerprint density at radius 3 is 2.70 bits per heavy atom. The topological polar surface area (TPSA) is 64.4 Å². The van der Waals surface area contributed by atoms with Gasteiger partial charge in [0.2, 0.25) is 5.91 Å². The molecule has 0 atom stereocenters. The van der Waals surface area contributed by atoms with E-state index in [4.69, 9.17) is 10.5 Å². The van der Waals surface area contributed by atoms with E-state index < -0.39 is 5.41 Å². The Morgan fingerprint density at radius 2 is 2.09 bits per heavy atom. The summed E-state index contributed by atoms with van der Waals surface area (Å²) >= 11 is 1.91. The molecular weight excluding hydrogens is 308 g/mol. The predicted octanol–water partition coefficient (Wildman–Crippen LogP) is 3.33. The van der Waals surface area contributed by atoms with E-state index in [0.29, 0.717) is 37.9 Å². The van der Waals surface area contributed by atoms with E-state index in [1.807, 2.05) is 23.9 Å². The maximum Gasteiger partial charge on any atom is 0.232 e. The van der Waals surface area contributed by atoms with Crippen molar-refractivity contribution in [2.75, 3.05) is 25.1 Å². The predicted molar refractivity (Wildman–Crippen MR) is 97.8 cm³/mol. The quantitative estimate of drug-likeness (QED) is 0.836. The van der Waals surface area contributed by atoms with Crippen molar-refractivity contribution in [3.05, 3.63) is 29.3 Å². The lowest BCUT2D eigenvalue weighted by Crippen LogP contribution is -2.46. The first-order chi connectivity index (χ1) is 11.0. The molecule has 0 unspecified atom stereocenters. The van der Waals surface area contributed by atoms with Crippen molar-refractivity contribution in [2.45, 2.75) is 44.6 Å². The largest absolute Gasteiger partial charge is 0.381 e. The molecule has 0 saturated carbocycles. The van der Waals surface area contributed by atoms with E-state index in [0.717, 1.165) is 17.0 Å². The number of benzene rings is 1. The highest BCUT2D eigenvalue weighted by atomic mass is 32.2. The van der Waals surface area contributed by atoms with Crippen LogP contribution in [0.25, 0.3) is 0 Å². The Kier molecular flexibility index (Phi) is 6.50. The average Bonchev–Trinajstić information content (AvgIpc) is 2.56. The third-order valence-electron chi connectivity index (χ3n) is 4.59. The number of carbonyl (C=O) groups is 1. The monoisotopic (exact) mass is 336 g/mol. The first kappa shape index (κ1) is 18.3. The maximum absolute atomic E-state index is 12.8. The summed E-state index contributed by atoms with van der Waals surface area (Å²) in [5.41, 5.74) is 8.75. The third kappa shape index (κ3) is 4.49. The van der Waals surface area contributed by atoms with Crippen LogP contribution in [0.5, 0.6) is 0 Å². The molecule has 4 nitrogen and oxygen atoms in total. The van der Waals surface area contributed by atoms with Gasteiger partial charge in [-0.1, -0.05) is 26.0 Å². The summed E-state index contributed by atoms with van der Waals surface area (Å²) in [6, 6.07) is 6.12. The molecule has 1 heterocycles. The molecule has 0 radical (unpaired) electrons. The Balaban J connectivity index is 2.12. The summed E-state index contributed by atoms with van der Waals surface area (Å²) in [6.45, 7) is 8.04. The minimum absolute atomic E-state index is 0.0278. The minimum Gasteiger partial charge on any atom is -0.381 e. The number of thioether (sulfide) groups is 1. The first-order valence-electron chi connectivity index (χ1n) is 8.28. The lowest BCUT2D eigenvalue weighted by atomic mass is 9.79. The van der Waals surface area contributed by atoms with Gasteiger partial charge in [0.05, 0.1) is 5.41 Å². The second-order valence-corrected chi connectivity index (χ2v) is 8.07. The van der Waals surface area contributed by atoms with E-state index >= 15 is 0 Å². The number of ether oxygens (including phenoxy) is 1. The van der Waals surface area contributed by atoms with Crippen LogP contribution >= 0.6 is 11.8 Å². The van der Waals surface area contributed by atoms with Gasteiger partial charge in [0.25, 0.3) is 0 Å². The molecule has 1 saturated heterocycles. The van der Waals surface area contributed by atoms with Crippen LogP contribution in [0.3, 0.4) is 0 Å². The van der Waals surface area contributed by atoms with Gasteiger partial charge >= 0.3 is 0 Å². The molecule has 0 bridgehead atoms. The molecule has 3 N–H and O–H groups in total. The highest BCUT2D eigenvalue weighted by molar-refractivity contribution is 7.99. The van der Waals surface area contributed by atoms with Crippen molar-refractivity contribution in [2.24, 2.45) is 11.1 Å². The normalized spacial score (nSPS) is 17.3. The number of hydrogen-bond acceptors (Lipinski definition) is 4. The summed E-state index contributed by atoms with van der Waals surface area (Å²) in [6.07, 6.45) is 1.38. The fourth-order valence-electron chi connectivity index (χ4n) is 2.77. The van der Waals surface area contributed by atoms with Gasteiger partial charge in [0.1, 0.15) is 0 Å². The van der Waals surface area contributed by atoms with Crippen molar-refractivity contribution in [1.82, 2.24) is 0 Å². The molecule has 1 aliphatic heterocycles. The minimum atomic E-state index is -0.493. The van der Waals surface area contributed by atoms with Crippen LogP contribution in [-0.4, -0.2) is 30.9 Å². The van der Waals surface area contributed by atoms with Gasteiger partial charge in [-0.15, -0.1) is 0 Å². The molecule has 1 amide bonds. The summed E-state index contributed by atoms with van der Waals surface area (Å²) < 4.78 is 5.39. The van der Waals surface area contributed by atoms with Gasteiger partial charge in [0.15, 0.2) is 0 Å². The van der Waals surface area contributed by atoms with E-state index in [-0.39, 0.29) is 5.91 Å². The van der Waals surface area contributed by atoms with Gasteiger partial charge in [-0.2, -0.15) is 11.8 Å². The standard InChI is InChI=1S/C18H28N2O2S/c1-13(2)23-11-15-5-4-6-16(14(15)3)20-17(21)18(12-19)7-9-22-10-8-18/h4-6,13H,7-12,19H2,1-3H3,(H,20,21). The molecule has 0 aliphatic carbocycles. The number of hydrogen-bond donors (Lipinski definition) is 2. The Bertz CT molecular complexity index is 540. The van der Waals surface area contributed by atoms with Crippen molar-refractivity contribution >= 4 is 23.4 Å². The van der Waals surface area contributed by atoms with Crippen molar-refractivity contribution in [3.8, 4) is 0 Å². The highest BCUT2D eigenvalue weighted by Gasteiger charge is 2.38. The highest BCUT2D eigenvalue weighted by Crippen LogP contribution is 2.32. The van der Waals surface area contributed by atoms with Gasteiger partial charge in [-0.25, -0.2) is 0 Å². The van der Waals surface area contributed by atoms with Crippen LogP contribution in [0.1, 0.15) is 37.8 Å². The number of anilines is 1. The third-order valence-corrected chi connectivity index (χ3v) is 5.73. The van der Waals surface area contributed by atoms with Gasteiger partial charge in [-0.05, 0) is 42.2 Å². The molecule has 2 rings (SSSR count).